The summed E-state index contributed by atoms with van der Waals surface area (Å²) in [6, 6.07) is 10.9. The van der Waals surface area contributed by atoms with Crippen LogP contribution in [-0.2, 0) is 13.1 Å². The van der Waals surface area contributed by atoms with E-state index in [1.165, 1.54) is 0 Å². The van der Waals surface area contributed by atoms with Crippen LogP contribution in [0, 0.1) is 0 Å². The Labute approximate surface area is 193 Å². The summed E-state index contributed by atoms with van der Waals surface area (Å²) in [5, 5.41) is 4.42. The molecule has 0 aliphatic rings. The van der Waals surface area contributed by atoms with Gasteiger partial charge in [-0.25, -0.2) is 0 Å². The first kappa shape index (κ1) is 24.8. The average Bonchev–Trinajstić information content (AvgIpc) is 2.65. The van der Waals surface area contributed by atoms with Crippen molar-refractivity contribution in [3.05, 3.63) is 68.6 Å². The van der Waals surface area contributed by atoms with Crippen molar-refractivity contribution in [2.24, 2.45) is 4.99 Å². The van der Waals surface area contributed by atoms with Crippen LogP contribution in [0.4, 0.5) is 0 Å². The minimum Gasteiger partial charge on any atom is -0.357 e. The van der Waals surface area contributed by atoms with Crippen molar-refractivity contribution in [2.45, 2.75) is 32.9 Å². The Hall–Kier alpha value is -1.25. The van der Waals surface area contributed by atoms with Crippen LogP contribution in [0.2, 0.25) is 10.0 Å². The van der Waals surface area contributed by atoms with E-state index in [0.717, 1.165) is 30.9 Å². The molecule has 0 unspecified atom stereocenters. The predicted octanol–water partition coefficient (Wildman–Crippen LogP) is 4.65. The van der Waals surface area contributed by atoms with Gasteiger partial charge in [0.15, 0.2) is 5.96 Å². The third kappa shape index (κ3) is 8.01. The second-order valence-electron chi connectivity index (χ2n) is 6.28. The molecule has 0 aliphatic carbocycles. The lowest BCUT2D eigenvalue weighted by atomic mass is 10.2. The number of benzene rings is 1. The van der Waals surface area contributed by atoms with Gasteiger partial charge in [-0.2, -0.15) is 0 Å². The molecule has 154 valence electrons. The Kier molecular flexibility index (Phi) is 11.6. The average molecular weight is 537 g/mol. The van der Waals surface area contributed by atoms with Crippen LogP contribution in [0.1, 0.15) is 25.3 Å². The molecule has 0 spiro atoms. The van der Waals surface area contributed by atoms with Gasteiger partial charge in [0.1, 0.15) is 0 Å². The van der Waals surface area contributed by atoms with Crippen molar-refractivity contribution >= 4 is 53.1 Å². The normalized spacial score (nSPS) is 11.1. The zero-order chi connectivity index (χ0) is 19.6. The van der Waals surface area contributed by atoms with E-state index < -0.39 is 0 Å². The van der Waals surface area contributed by atoms with Gasteiger partial charge in [-0.15, -0.1) is 24.0 Å². The zero-order valence-corrected chi connectivity index (χ0v) is 20.0. The van der Waals surface area contributed by atoms with Gasteiger partial charge < -0.3 is 14.8 Å². The van der Waals surface area contributed by atoms with E-state index in [1.807, 2.05) is 44.4 Å². The Balaban J connectivity index is 0.00000392. The highest BCUT2D eigenvalue weighted by molar-refractivity contribution is 14.0. The molecule has 1 N–H and O–H groups in total. The van der Waals surface area contributed by atoms with Crippen molar-refractivity contribution in [1.82, 2.24) is 14.8 Å². The highest BCUT2D eigenvalue weighted by Crippen LogP contribution is 2.23. The molecular weight excluding hydrogens is 510 g/mol. The van der Waals surface area contributed by atoms with Crippen molar-refractivity contribution in [3.8, 4) is 0 Å². The van der Waals surface area contributed by atoms with Crippen molar-refractivity contribution < 1.29 is 0 Å². The maximum absolute atomic E-state index is 11.7. The molecule has 0 saturated carbocycles. The van der Waals surface area contributed by atoms with Gasteiger partial charge in [0.2, 0.25) is 5.56 Å². The van der Waals surface area contributed by atoms with E-state index >= 15 is 0 Å². The molecule has 1 aromatic heterocycles. The highest BCUT2D eigenvalue weighted by atomic mass is 127. The van der Waals surface area contributed by atoms with Crippen LogP contribution < -0.4 is 10.9 Å². The van der Waals surface area contributed by atoms with Gasteiger partial charge in [-0.3, -0.25) is 9.79 Å². The van der Waals surface area contributed by atoms with Gasteiger partial charge in [0.05, 0.1) is 10.0 Å². The van der Waals surface area contributed by atoms with Gasteiger partial charge in [-0.1, -0.05) is 35.3 Å². The topological polar surface area (TPSA) is 49.6 Å². The van der Waals surface area contributed by atoms with E-state index in [-0.39, 0.29) is 29.5 Å². The lowest BCUT2D eigenvalue weighted by Crippen LogP contribution is -2.38. The number of nitrogens with one attached hydrogen (secondary N) is 1. The van der Waals surface area contributed by atoms with Gasteiger partial charge in [-0.05, 0) is 43.5 Å². The Morgan fingerprint density at radius 3 is 2.64 bits per heavy atom. The van der Waals surface area contributed by atoms with Crippen LogP contribution in [0.25, 0.3) is 0 Å². The largest absolute Gasteiger partial charge is 0.357 e. The Bertz CT molecular complexity index is 826. The van der Waals surface area contributed by atoms with E-state index in [9.17, 15) is 4.79 Å². The fourth-order valence-corrected chi connectivity index (χ4v) is 3.00. The molecule has 0 atom stereocenters. The summed E-state index contributed by atoms with van der Waals surface area (Å²) in [5.74, 6) is 0.848. The number of guanidine groups is 1. The highest BCUT2D eigenvalue weighted by Gasteiger charge is 2.08. The van der Waals surface area contributed by atoms with Crippen molar-refractivity contribution in [2.75, 3.05) is 20.1 Å². The number of nitrogens with zero attached hydrogens (tertiary/aromatic N) is 3. The van der Waals surface area contributed by atoms with E-state index in [0.29, 0.717) is 29.7 Å². The first-order chi connectivity index (χ1) is 13.0. The Morgan fingerprint density at radius 1 is 1.18 bits per heavy atom. The third-order valence-corrected chi connectivity index (χ3v) is 4.81. The molecule has 1 heterocycles. The van der Waals surface area contributed by atoms with E-state index in [2.05, 4.69) is 15.2 Å². The number of hydrogen-bond acceptors (Lipinski definition) is 2. The standard InChI is InChI=1S/C20H26Cl2N4O.HI/c1-3-23-20(25(2)15-16-9-10-17(21)18(22)14-16)24-11-5-7-13-26-12-6-4-8-19(26)27;/h4,6,8-10,12,14H,3,5,7,11,13,15H2,1-2H3,(H,23,24);1H. The number of unbranched alkanes of at least 4 members (excludes halogenated alkanes) is 1. The summed E-state index contributed by atoms with van der Waals surface area (Å²) in [7, 11) is 1.99. The predicted molar refractivity (Wildman–Crippen MR) is 129 cm³/mol. The molecule has 1 aromatic carbocycles. The zero-order valence-electron chi connectivity index (χ0n) is 16.2. The molecule has 0 amide bonds. The molecule has 0 fully saturated rings. The smallest absolute Gasteiger partial charge is 0.250 e. The maximum atomic E-state index is 11.7. The number of aromatic nitrogens is 1. The van der Waals surface area contributed by atoms with Crippen LogP contribution in [-0.4, -0.2) is 35.6 Å². The van der Waals surface area contributed by atoms with Crippen molar-refractivity contribution in [3.63, 3.8) is 0 Å². The summed E-state index contributed by atoms with van der Waals surface area (Å²) in [4.78, 5) is 18.4. The van der Waals surface area contributed by atoms with Gasteiger partial charge >= 0.3 is 0 Å². The fourth-order valence-electron chi connectivity index (χ4n) is 2.68. The first-order valence-corrected chi connectivity index (χ1v) is 9.85. The minimum atomic E-state index is 0. The van der Waals surface area contributed by atoms with Crippen LogP contribution in [0.5, 0.6) is 0 Å². The second-order valence-corrected chi connectivity index (χ2v) is 7.09. The first-order valence-electron chi connectivity index (χ1n) is 9.10. The SMILES string of the molecule is CCNC(=NCCCCn1ccccc1=O)N(C)Cc1ccc(Cl)c(Cl)c1.I. The molecule has 8 heteroatoms. The van der Waals surface area contributed by atoms with E-state index in [4.69, 9.17) is 23.2 Å². The molecule has 0 radical (unpaired) electrons. The summed E-state index contributed by atoms with van der Waals surface area (Å²) in [6.07, 6.45) is 3.64. The number of rotatable bonds is 8. The lowest BCUT2D eigenvalue weighted by molar-refractivity contribution is 0.475. The minimum absolute atomic E-state index is 0. The monoisotopic (exact) mass is 536 g/mol. The van der Waals surface area contributed by atoms with Crippen molar-refractivity contribution in [1.29, 1.82) is 0 Å². The molecule has 0 aliphatic heterocycles. The maximum Gasteiger partial charge on any atom is 0.250 e. The number of aliphatic imine (C=N–C) groups is 1. The molecule has 0 bridgehead atoms. The fraction of sp³-hybridized carbons (Fsp3) is 0.400. The molecular formula is C20H27Cl2IN4O. The quantitative estimate of drug-likeness (QED) is 0.231. The third-order valence-electron chi connectivity index (χ3n) is 4.07. The van der Waals surface area contributed by atoms with Gasteiger partial charge in [0.25, 0.3) is 0 Å². The molecule has 0 saturated heterocycles. The molecule has 2 aromatic rings. The summed E-state index contributed by atoms with van der Waals surface area (Å²) in [5.41, 5.74) is 1.11. The number of hydrogen-bond donors (Lipinski definition) is 1. The molecule has 28 heavy (non-hydrogen) atoms. The summed E-state index contributed by atoms with van der Waals surface area (Å²) < 4.78 is 1.73. The van der Waals surface area contributed by atoms with Crippen LogP contribution in [0.3, 0.4) is 0 Å². The van der Waals surface area contributed by atoms with Crippen LogP contribution >= 0.6 is 47.2 Å². The Morgan fingerprint density at radius 2 is 1.96 bits per heavy atom. The summed E-state index contributed by atoms with van der Waals surface area (Å²) >= 11 is 12.1. The number of halogens is 3. The van der Waals surface area contributed by atoms with E-state index in [1.54, 1.807) is 16.7 Å². The molecule has 5 nitrogen and oxygen atoms in total. The number of pyridine rings is 1. The van der Waals surface area contributed by atoms with Crippen LogP contribution in [0.15, 0.2) is 52.4 Å². The number of aryl methyl sites for hydroxylation is 1. The molecule has 2 rings (SSSR count). The second kappa shape index (κ2) is 13.1. The summed E-state index contributed by atoms with van der Waals surface area (Å²) in [6.45, 7) is 4.94. The lowest BCUT2D eigenvalue weighted by Gasteiger charge is -2.22. The van der Waals surface area contributed by atoms with Gasteiger partial charge in [0, 0.05) is 45.5 Å².